The summed E-state index contributed by atoms with van der Waals surface area (Å²) in [5, 5.41) is 7.76. The number of fused-ring (bicyclic) bond motifs is 2. The standard InChI is InChI=1S/C27H29N7O3/c1-28-25-20-12-29-24(32-26(35)16-2-3-16)11-19(20)21(13-30-25)27-31-22-10-17(4-5-23(22)37-27)33-6-8-34(9-7-33)18-14-36-15-18/h4-5,10-13,16,18H,2-3,6-9,14-15H2,1H3,(H,28,30)(H,29,32,35). The van der Waals surface area contributed by atoms with Crippen LogP contribution in [0.3, 0.4) is 0 Å². The second-order valence-corrected chi connectivity index (χ2v) is 10.0. The Hall–Kier alpha value is -3.76. The van der Waals surface area contributed by atoms with Crippen LogP contribution in [0, 0.1) is 5.92 Å². The quantitative estimate of drug-likeness (QED) is 0.413. The van der Waals surface area contributed by atoms with Crippen LogP contribution in [-0.2, 0) is 9.53 Å². The molecule has 1 saturated carbocycles. The summed E-state index contributed by atoms with van der Waals surface area (Å²) < 4.78 is 11.6. The van der Waals surface area contributed by atoms with Gasteiger partial charge in [-0.1, -0.05) is 0 Å². The maximum absolute atomic E-state index is 12.3. The van der Waals surface area contributed by atoms with Crippen molar-refractivity contribution in [3.05, 3.63) is 36.7 Å². The van der Waals surface area contributed by atoms with E-state index in [1.54, 1.807) is 12.4 Å². The molecule has 190 valence electrons. The molecule has 2 N–H and O–H groups in total. The Morgan fingerprint density at radius 1 is 1.03 bits per heavy atom. The van der Waals surface area contributed by atoms with Crippen LogP contribution >= 0.6 is 0 Å². The van der Waals surface area contributed by atoms with Crippen LogP contribution in [0.1, 0.15) is 12.8 Å². The Labute approximate surface area is 214 Å². The number of oxazole rings is 1. The number of aromatic nitrogens is 3. The summed E-state index contributed by atoms with van der Waals surface area (Å²) in [7, 11) is 1.82. The molecule has 3 aromatic heterocycles. The van der Waals surface area contributed by atoms with Gasteiger partial charge < -0.3 is 24.7 Å². The first-order valence-electron chi connectivity index (χ1n) is 12.9. The Balaban J connectivity index is 1.20. The number of nitrogens with one attached hydrogen (secondary N) is 2. The van der Waals surface area contributed by atoms with Crippen molar-refractivity contribution in [3.8, 4) is 11.5 Å². The smallest absolute Gasteiger partial charge is 0.229 e. The van der Waals surface area contributed by atoms with Crippen LogP contribution in [0.4, 0.5) is 17.3 Å². The average molecular weight is 500 g/mol. The first-order chi connectivity index (χ1) is 18.2. The number of ether oxygens (including phenoxy) is 1. The zero-order chi connectivity index (χ0) is 24.9. The number of hydrogen-bond acceptors (Lipinski definition) is 9. The number of piperazine rings is 1. The highest BCUT2D eigenvalue weighted by atomic mass is 16.5. The minimum absolute atomic E-state index is 0.0209. The maximum atomic E-state index is 12.3. The fraction of sp³-hybridized carbons (Fsp3) is 0.407. The summed E-state index contributed by atoms with van der Waals surface area (Å²) >= 11 is 0. The summed E-state index contributed by atoms with van der Waals surface area (Å²) in [6, 6.07) is 8.66. The Bertz CT molecular complexity index is 1490. The van der Waals surface area contributed by atoms with Gasteiger partial charge in [-0.25, -0.2) is 15.0 Å². The molecule has 1 amide bonds. The Kier molecular flexibility index (Phi) is 5.44. The molecule has 0 radical (unpaired) electrons. The van der Waals surface area contributed by atoms with Gasteiger partial charge in [0.25, 0.3) is 0 Å². The van der Waals surface area contributed by atoms with Gasteiger partial charge in [0.05, 0.1) is 24.8 Å². The van der Waals surface area contributed by atoms with E-state index in [9.17, 15) is 4.79 Å². The van der Waals surface area contributed by atoms with Crippen molar-refractivity contribution in [3.63, 3.8) is 0 Å². The summed E-state index contributed by atoms with van der Waals surface area (Å²) in [5.41, 5.74) is 3.45. The van der Waals surface area contributed by atoms with Gasteiger partial charge in [-0.3, -0.25) is 9.69 Å². The highest BCUT2D eigenvalue weighted by Crippen LogP contribution is 2.35. The second-order valence-electron chi connectivity index (χ2n) is 10.0. The number of anilines is 3. The van der Waals surface area contributed by atoms with Gasteiger partial charge in [0, 0.05) is 68.0 Å². The molecule has 3 aliphatic rings. The molecule has 1 aliphatic carbocycles. The topological polar surface area (TPSA) is 109 Å². The Morgan fingerprint density at radius 2 is 1.86 bits per heavy atom. The molecule has 2 aliphatic heterocycles. The van der Waals surface area contributed by atoms with E-state index < -0.39 is 0 Å². The molecule has 10 heteroatoms. The van der Waals surface area contributed by atoms with Gasteiger partial charge in [0.2, 0.25) is 11.8 Å². The largest absolute Gasteiger partial charge is 0.436 e. The molecule has 37 heavy (non-hydrogen) atoms. The number of amides is 1. The lowest BCUT2D eigenvalue weighted by molar-refractivity contribution is -0.117. The van der Waals surface area contributed by atoms with E-state index in [4.69, 9.17) is 14.1 Å². The molecule has 2 saturated heterocycles. The van der Waals surface area contributed by atoms with Gasteiger partial charge in [0.15, 0.2) is 5.58 Å². The molecule has 5 heterocycles. The Morgan fingerprint density at radius 3 is 2.59 bits per heavy atom. The number of pyridine rings is 2. The zero-order valence-electron chi connectivity index (χ0n) is 20.7. The van der Waals surface area contributed by atoms with Crippen LogP contribution in [0.5, 0.6) is 0 Å². The van der Waals surface area contributed by atoms with Crippen LogP contribution in [-0.4, -0.2) is 78.2 Å². The number of carbonyl (C=O) groups is 1. The van der Waals surface area contributed by atoms with E-state index in [0.717, 1.165) is 85.4 Å². The van der Waals surface area contributed by atoms with Crippen molar-refractivity contribution in [1.29, 1.82) is 0 Å². The molecular formula is C27H29N7O3. The number of rotatable bonds is 6. The summed E-state index contributed by atoms with van der Waals surface area (Å²) in [4.78, 5) is 31.1. The van der Waals surface area contributed by atoms with Crippen LogP contribution < -0.4 is 15.5 Å². The first-order valence-corrected chi connectivity index (χ1v) is 12.9. The number of benzene rings is 1. The summed E-state index contributed by atoms with van der Waals surface area (Å²) in [6.07, 6.45) is 5.37. The van der Waals surface area contributed by atoms with Crippen LogP contribution in [0.2, 0.25) is 0 Å². The zero-order valence-corrected chi connectivity index (χ0v) is 20.7. The third-order valence-corrected chi connectivity index (χ3v) is 7.63. The second kappa shape index (κ2) is 8.97. The van der Waals surface area contributed by atoms with Crippen LogP contribution in [0.25, 0.3) is 33.3 Å². The lowest BCUT2D eigenvalue weighted by atomic mass is 10.1. The highest BCUT2D eigenvalue weighted by Gasteiger charge is 2.30. The average Bonchev–Trinajstić information content (AvgIpc) is 3.66. The van der Waals surface area contributed by atoms with E-state index in [-0.39, 0.29) is 11.8 Å². The molecule has 0 atom stereocenters. The summed E-state index contributed by atoms with van der Waals surface area (Å²) in [6.45, 7) is 5.76. The number of nitrogens with zero attached hydrogens (tertiary/aromatic N) is 5. The summed E-state index contributed by atoms with van der Waals surface area (Å²) in [5.74, 6) is 1.84. The fourth-order valence-corrected chi connectivity index (χ4v) is 5.15. The van der Waals surface area contributed by atoms with Crippen molar-refractivity contribution >= 4 is 45.1 Å². The molecule has 0 unspecified atom stereocenters. The lowest BCUT2D eigenvalue weighted by Gasteiger charge is -2.43. The number of carbonyl (C=O) groups excluding carboxylic acids is 1. The van der Waals surface area contributed by atoms with Crippen molar-refractivity contribution in [2.75, 3.05) is 62.0 Å². The van der Waals surface area contributed by atoms with Gasteiger partial charge in [-0.05, 0) is 37.1 Å². The number of hydrogen-bond donors (Lipinski definition) is 2. The molecule has 0 spiro atoms. The third kappa shape index (κ3) is 4.15. The predicted molar refractivity (Wildman–Crippen MR) is 142 cm³/mol. The predicted octanol–water partition coefficient (Wildman–Crippen LogP) is 3.35. The first kappa shape index (κ1) is 22.4. The molecular weight excluding hydrogens is 470 g/mol. The van der Waals surface area contributed by atoms with Crippen molar-refractivity contribution < 1.29 is 13.9 Å². The molecule has 7 rings (SSSR count). The van der Waals surface area contributed by atoms with Gasteiger partial charge in [-0.15, -0.1) is 0 Å². The van der Waals surface area contributed by atoms with Crippen LogP contribution in [0.15, 0.2) is 41.1 Å². The monoisotopic (exact) mass is 499 g/mol. The molecule has 0 bridgehead atoms. The van der Waals surface area contributed by atoms with E-state index in [0.29, 0.717) is 23.6 Å². The van der Waals surface area contributed by atoms with E-state index >= 15 is 0 Å². The fourth-order valence-electron chi connectivity index (χ4n) is 5.15. The minimum atomic E-state index is 0.0209. The van der Waals surface area contributed by atoms with E-state index in [1.165, 1.54) is 0 Å². The third-order valence-electron chi connectivity index (χ3n) is 7.63. The van der Waals surface area contributed by atoms with Crippen molar-refractivity contribution in [2.24, 2.45) is 5.92 Å². The molecule has 10 nitrogen and oxygen atoms in total. The van der Waals surface area contributed by atoms with Gasteiger partial charge in [0.1, 0.15) is 17.2 Å². The van der Waals surface area contributed by atoms with Gasteiger partial charge in [-0.2, -0.15) is 0 Å². The molecule has 3 fully saturated rings. The lowest BCUT2D eigenvalue weighted by Crippen LogP contribution is -2.56. The highest BCUT2D eigenvalue weighted by molar-refractivity contribution is 6.03. The molecule has 4 aromatic rings. The van der Waals surface area contributed by atoms with E-state index in [1.807, 2.05) is 19.2 Å². The normalized spacial score (nSPS) is 18.8. The SMILES string of the molecule is CNc1ncc(-c2nc3cc(N4CCN(C5COC5)CC4)ccc3o2)c2cc(NC(=O)C3CC3)ncc12. The van der Waals surface area contributed by atoms with Crippen molar-refractivity contribution in [2.45, 2.75) is 18.9 Å². The van der Waals surface area contributed by atoms with Gasteiger partial charge >= 0.3 is 0 Å². The minimum Gasteiger partial charge on any atom is -0.436 e. The van der Waals surface area contributed by atoms with E-state index in [2.05, 4.69) is 42.5 Å². The van der Waals surface area contributed by atoms with Crippen molar-refractivity contribution in [1.82, 2.24) is 19.9 Å². The molecule has 1 aromatic carbocycles. The maximum Gasteiger partial charge on any atom is 0.229 e.